The number of benzene rings is 2. The van der Waals surface area contributed by atoms with Crippen molar-refractivity contribution in [3.05, 3.63) is 61.6 Å². The summed E-state index contributed by atoms with van der Waals surface area (Å²) >= 11 is 7.93. The van der Waals surface area contributed by atoms with E-state index in [0.717, 1.165) is 6.07 Å². The Morgan fingerprint density at radius 3 is 2.30 bits per heavy atom. The summed E-state index contributed by atoms with van der Waals surface area (Å²) in [5, 5.41) is 15.7. The van der Waals surface area contributed by atoms with Crippen molar-refractivity contribution in [3.8, 4) is 17.2 Å². The highest BCUT2D eigenvalue weighted by molar-refractivity contribution is 9.10. The molecule has 1 aliphatic rings. The molecule has 1 heterocycles. The summed E-state index contributed by atoms with van der Waals surface area (Å²) in [5.74, 6) is -1.98. The lowest BCUT2D eigenvalue weighted by Gasteiger charge is -2.17. The SMILES string of the molecule is COc1cc(C=C2C(=O)NC(=S)NC2=O)cc(Br)c1Oc1ccc(C(F)(F)F)cc1[N+](=O)[O-]. The number of alkyl halides is 3. The van der Waals surface area contributed by atoms with E-state index in [-0.39, 0.29) is 26.7 Å². The Morgan fingerprint density at radius 1 is 1.12 bits per heavy atom. The van der Waals surface area contributed by atoms with Gasteiger partial charge in [0.1, 0.15) is 5.57 Å². The fourth-order valence-corrected chi connectivity index (χ4v) is 3.45. The molecule has 172 valence electrons. The monoisotopic (exact) mass is 545 g/mol. The van der Waals surface area contributed by atoms with Crippen LogP contribution in [0, 0.1) is 10.1 Å². The van der Waals surface area contributed by atoms with Crippen LogP contribution in [0.15, 0.2) is 40.4 Å². The van der Waals surface area contributed by atoms with Crippen molar-refractivity contribution in [2.75, 3.05) is 7.11 Å². The van der Waals surface area contributed by atoms with E-state index in [2.05, 4.69) is 26.6 Å². The van der Waals surface area contributed by atoms with Gasteiger partial charge in [0, 0.05) is 6.07 Å². The first-order chi connectivity index (χ1) is 15.4. The standard InChI is InChI=1S/C19H11BrF3N3O6S/c1-31-14-6-8(4-10-16(27)24-18(33)25-17(10)28)5-11(20)15(14)32-13-3-2-9(19(21,22)23)7-12(13)26(29)30/h2-7H,1H3,(H2,24,25,27,28,33). The molecule has 33 heavy (non-hydrogen) atoms. The van der Waals surface area contributed by atoms with Crippen LogP contribution in [0.1, 0.15) is 11.1 Å². The van der Waals surface area contributed by atoms with Crippen LogP contribution < -0.4 is 20.1 Å². The van der Waals surface area contributed by atoms with Crippen LogP contribution in [0.5, 0.6) is 17.2 Å². The Bertz CT molecular complexity index is 1210. The largest absolute Gasteiger partial charge is 0.493 e. The molecule has 9 nitrogen and oxygen atoms in total. The number of ether oxygens (including phenoxy) is 2. The van der Waals surface area contributed by atoms with Gasteiger partial charge in [-0.25, -0.2) is 0 Å². The van der Waals surface area contributed by atoms with Crippen molar-refractivity contribution in [2.45, 2.75) is 6.18 Å². The number of rotatable bonds is 5. The Hall–Kier alpha value is -3.52. The zero-order chi connectivity index (χ0) is 24.5. The number of carbonyl (C=O) groups is 2. The number of nitrogens with zero attached hydrogens (tertiary/aromatic N) is 1. The third-order valence-electron chi connectivity index (χ3n) is 4.20. The van der Waals surface area contributed by atoms with Crippen LogP contribution in [-0.2, 0) is 15.8 Å². The van der Waals surface area contributed by atoms with Crippen LogP contribution in [0.25, 0.3) is 6.08 Å². The van der Waals surface area contributed by atoms with Gasteiger partial charge in [0.25, 0.3) is 11.8 Å². The molecule has 0 spiro atoms. The zero-order valence-corrected chi connectivity index (χ0v) is 18.7. The molecule has 2 amide bonds. The Labute approximate surface area is 196 Å². The molecule has 0 bridgehead atoms. The third-order valence-corrected chi connectivity index (χ3v) is 4.99. The molecule has 2 N–H and O–H groups in total. The number of hydrogen-bond acceptors (Lipinski definition) is 7. The second-order valence-electron chi connectivity index (χ2n) is 6.37. The van der Waals surface area contributed by atoms with Crippen molar-refractivity contribution >= 4 is 56.8 Å². The Kier molecular flexibility index (Phi) is 6.69. The molecular weight excluding hydrogens is 535 g/mol. The third kappa shape index (κ3) is 5.28. The average molecular weight is 546 g/mol. The maximum absolute atomic E-state index is 12.9. The predicted molar refractivity (Wildman–Crippen MR) is 116 cm³/mol. The van der Waals surface area contributed by atoms with E-state index < -0.39 is 39.9 Å². The van der Waals surface area contributed by atoms with Crippen molar-refractivity contribution in [1.82, 2.24) is 10.6 Å². The Morgan fingerprint density at radius 2 is 1.76 bits per heavy atom. The lowest BCUT2D eigenvalue weighted by atomic mass is 10.1. The second-order valence-corrected chi connectivity index (χ2v) is 7.63. The molecule has 1 saturated heterocycles. The summed E-state index contributed by atoms with van der Waals surface area (Å²) in [5.41, 5.74) is -2.06. The smallest absolute Gasteiger partial charge is 0.416 e. The average Bonchev–Trinajstić information content (AvgIpc) is 2.71. The lowest BCUT2D eigenvalue weighted by molar-refractivity contribution is -0.385. The van der Waals surface area contributed by atoms with Gasteiger partial charge < -0.3 is 9.47 Å². The minimum Gasteiger partial charge on any atom is -0.493 e. The minimum atomic E-state index is -4.78. The molecular formula is C19H11BrF3N3O6S. The van der Waals surface area contributed by atoms with Crippen molar-refractivity contribution < 1.29 is 37.2 Å². The van der Waals surface area contributed by atoms with E-state index in [1.54, 1.807) is 0 Å². The first kappa shape index (κ1) is 24.1. The number of carbonyl (C=O) groups excluding carboxylic acids is 2. The number of methoxy groups -OCH3 is 1. The van der Waals surface area contributed by atoms with Gasteiger partial charge in [0.15, 0.2) is 16.6 Å². The topological polar surface area (TPSA) is 120 Å². The van der Waals surface area contributed by atoms with Crippen LogP contribution in [0.3, 0.4) is 0 Å². The summed E-state index contributed by atoms with van der Waals surface area (Å²) in [6.07, 6.45) is -3.54. The highest BCUT2D eigenvalue weighted by Gasteiger charge is 2.34. The maximum Gasteiger partial charge on any atom is 0.416 e. The van der Waals surface area contributed by atoms with Gasteiger partial charge in [-0.3, -0.25) is 30.3 Å². The van der Waals surface area contributed by atoms with E-state index in [1.807, 2.05) is 0 Å². The first-order valence-electron chi connectivity index (χ1n) is 8.70. The summed E-state index contributed by atoms with van der Waals surface area (Å²) < 4.78 is 49.7. The minimum absolute atomic E-state index is 0.0116. The number of nitro benzene ring substituents is 1. The zero-order valence-electron chi connectivity index (χ0n) is 16.3. The van der Waals surface area contributed by atoms with Gasteiger partial charge >= 0.3 is 11.9 Å². The summed E-state index contributed by atoms with van der Waals surface area (Å²) in [6, 6.07) is 4.60. The fourth-order valence-electron chi connectivity index (χ4n) is 2.73. The van der Waals surface area contributed by atoms with Crippen molar-refractivity contribution in [3.63, 3.8) is 0 Å². The van der Waals surface area contributed by atoms with E-state index in [1.165, 1.54) is 25.3 Å². The van der Waals surface area contributed by atoms with Crippen LogP contribution in [0.2, 0.25) is 0 Å². The van der Waals surface area contributed by atoms with E-state index >= 15 is 0 Å². The van der Waals surface area contributed by atoms with Gasteiger partial charge in [-0.05, 0) is 64.1 Å². The first-order valence-corrected chi connectivity index (χ1v) is 9.90. The van der Waals surface area contributed by atoms with Gasteiger partial charge in [-0.1, -0.05) is 0 Å². The number of halogens is 4. The number of nitrogens with one attached hydrogen (secondary N) is 2. The van der Waals surface area contributed by atoms with Crippen molar-refractivity contribution in [2.24, 2.45) is 0 Å². The predicted octanol–water partition coefficient (Wildman–Crippen LogP) is 4.09. The second kappa shape index (κ2) is 9.15. The normalized spacial score (nSPS) is 13.8. The Balaban J connectivity index is 2.02. The molecule has 2 aromatic carbocycles. The molecule has 1 aliphatic heterocycles. The molecule has 3 rings (SSSR count). The maximum atomic E-state index is 12.9. The molecule has 0 aliphatic carbocycles. The molecule has 2 aromatic rings. The number of hydrogen-bond donors (Lipinski definition) is 2. The van der Waals surface area contributed by atoms with Gasteiger partial charge in [-0.2, -0.15) is 13.2 Å². The molecule has 0 saturated carbocycles. The summed E-state index contributed by atoms with van der Waals surface area (Å²) in [7, 11) is 1.26. The summed E-state index contributed by atoms with van der Waals surface area (Å²) in [4.78, 5) is 34.4. The quantitative estimate of drug-likeness (QED) is 0.191. The molecule has 0 unspecified atom stereocenters. The molecule has 1 fully saturated rings. The molecule has 0 atom stereocenters. The highest BCUT2D eigenvalue weighted by atomic mass is 79.9. The van der Waals surface area contributed by atoms with E-state index in [0.29, 0.717) is 17.7 Å². The van der Waals surface area contributed by atoms with Crippen LogP contribution in [-0.4, -0.2) is 29.0 Å². The molecule has 0 aromatic heterocycles. The molecule has 0 radical (unpaired) electrons. The number of amides is 2. The van der Waals surface area contributed by atoms with Crippen LogP contribution >= 0.6 is 28.1 Å². The van der Waals surface area contributed by atoms with E-state index in [4.69, 9.17) is 21.7 Å². The van der Waals surface area contributed by atoms with Crippen molar-refractivity contribution in [1.29, 1.82) is 0 Å². The number of thiocarbonyl (C=S) groups is 1. The highest BCUT2D eigenvalue weighted by Crippen LogP contribution is 2.43. The van der Waals surface area contributed by atoms with Gasteiger partial charge in [0.05, 0.1) is 22.1 Å². The number of nitro groups is 1. The van der Waals surface area contributed by atoms with Crippen LogP contribution in [0.4, 0.5) is 18.9 Å². The fraction of sp³-hybridized carbons (Fsp3) is 0.105. The van der Waals surface area contributed by atoms with Gasteiger partial charge in [-0.15, -0.1) is 0 Å². The molecule has 14 heteroatoms. The summed E-state index contributed by atoms with van der Waals surface area (Å²) in [6.45, 7) is 0. The lowest BCUT2D eigenvalue weighted by Crippen LogP contribution is -2.51. The van der Waals surface area contributed by atoms with Gasteiger partial charge in [0.2, 0.25) is 5.75 Å². The van der Waals surface area contributed by atoms with E-state index in [9.17, 15) is 32.9 Å².